The number of benzene rings is 2. The van der Waals surface area contributed by atoms with E-state index in [-0.39, 0.29) is 17.9 Å². The van der Waals surface area contributed by atoms with Crippen LogP contribution in [-0.4, -0.2) is 48.8 Å². The van der Waals surface area contributed by atoms with Crippen molar-refractivity contribution in [2.45, 2.75) is 51.6 Å². The highest BCUT2D eigenvalue weighted by Gasteiger charge is 2.28. The minimum atomic E-state index is -0.530. The monoisotopic (exact) mass is 458 g/mol. The number of hydrogen-bond acceptors (Lipinski definition) is 5. The molecule has 32 heavy (non-hydrogen) atoms. The highest BCUT2D eigenvalue weighted by molar-refractivity contribution is 7.99. The molecule has 0 aliphatic heterocycles. The van der Waals surface area contributed by atoms with Crippen LogP contribution in [0.1, 0.15) is 38.3 Å². The Bertz CT molecular complexity index is 871. The average molecular weight is 459 g/mol. The van der Waals surface area contributed by atoms with Crippen LogP contribution in [0.2, 0.25) is 0 Å². The van der Waals surface area contributed by atoms with Crippen molar-refractivity contribution in [2.24, 2.45) is 0 Å². The first-order valence-corrected chi connectivity index (χ1v) is 12.0. The zero-order valence-corrected chi connectivity index (χ0v) is 20.4. The van der Waals surface area contributed by atoms with Gasteiger partial charge in [-0.25, -0.2) is 0 Å². The molecule has 1 N–H and O–H groups in total. The van der Waals surface area contributed by atoms with Crippen LogP contribution < -0.4 is 14.8 Å². The van der Waals surface area contributed by atoms with Gasteiger partial charge in [0.05, 0.1) is 20.0 Å². The zero-order valence-electron chi connectivity index (χ0n) is 19.6. The molecule has 0 bridgehead atoms. The van der Waals surface area contributed by atoms with E-state index in [1.165, 1.54) is 11.8 Å². The molecule has 2 amide bonds. The number of amides is 2. The lowest BCUT2D eigenvalue weighted by Gasteiger charge is -2.31. The molecule has 0 saturated heterocycles. The third kappa shape index (κ3) is 7.79. The van der Waals surface area contributed by atoms with E-state index in [1.54, 1.807) is 19.1 Å². The molecule has 0 aliphatic rings. The first kappa shape index (κ1) is 25.6. The summed E-state index contributed by atoms with van der Waals surface area (Å²) in [7, 11) is 3.25. The molecular weight excluding hydrogens is 424 g/mol. The van der Waals surface area contributed by atoms with Gasteiger partial charge in [0.25, 0.3) is 0 Å². The van der Waals surface area contributed by atoms with Crippen molar-refractivity contribution in [3.8, 4) is 11.5 Å². The molecule has 0 fully saturated rings. The summed E-state index contributed by atoms with van der Waals surface area (Å²) in [5, 5.41) is 2.95. The molecule has 0 radical (unpaired) electrons. The third-order valence-electron chi connectivity index (χ3n) is 4.96. The molecule has 0 spiro atoms. The van der Waals surface area contributed by atoms with E-state index in [4.69, 9.17) is 9.47 Å². The van der Waals surface area contributed by atoms with Crippen molar-refractivity contribution in [3.63, 3.8) is 0 Å². The highest BCUT2D eigenvalue weighted by atomic mass is 32.2. The number of nitrogens with one attached hydrogen (secondary N) is 1. The smallest absolute Gasteiger partial charge is 0.243 e. The number of rotatable bonds is 12. The van der Waals surface area contributed by atoms with E-state index in [9.17, 15) is 9.59 Å². The maximum atomic E-state index is 13.3. The fourth-order valence-electron chi connectivity index (χ4n) is 3.33. The van der Waals surface area contributed by atoms with Crippen molar-refractivity contribution in [1.29, 1.82) is 0 Å². The van der Waals surface area contributed by atoms with Crippen LogP contribution >= 0.6 is 11.8 Å². The Morgan fingerprint density at radius 1 is 1.00 bits per heavy atom. The average Bonchev–Trinajstić information content (AvgIpc) is 2.79. The van der Waals surface area contributed by atoms with Crippen LogP contribution in [0.15, 0.2) is 48.5 Å². The molecular formula is C25H34N2O4S. The molecule has 7 heteroatoms. The number of nitrogens with zero attached hydrogens (tertiary/aromatic N) is 1. The van der Waals surface area contributed by atoms with Crippen molar-refractivity contribution in [3.05, 3.63) is 59.7 Å². The Labute approximate surface area is 195 Å². The molecule has 0 saturated carbocycles. The fraction of sp³-hybridized carbons (Fsp3) is 0.440. The first-order chi connectivity index (χ1) is 15.4. The van der Waals surface area contributed by atoms with E-state index in [0.717, 1.165) is 22.6 Å². The summed E-state index contributed by atoms with van der Waals surface area (Å²) >= 11 is 1.54. The summed E-state index contributed by atoms with van der Waals surface area (Å²) in [6.07, 6.45) is 0.539. The molecule has 0 heterocycles. The van der Waals surface area contributed by atoms with E-state index >= 15 is 0 Å². The van der Waals surface area contributed by atoms with Crippen LogP contribution in [0.5, 0.6) is 11.5 Å². The molecule has 174 valence electrons. The fourth-order valence-corrected chi connectivity index (χ4v) is 4.20. The number of carbonyl (C=O) groups is 2. The molecule has 2 aromatic carbocycles. The first-order valence-electron chi connectivity index (χ1n) is 10.8. The van der Waals surface area contributed by atoms with Gasteiger partial charge in [0.15, 0.2) is 0 Å². The van der Waals surface area contributed by atoms with Gasteiger partial charge in [-0.15, -0.1) is 11.8 Å². The van der Waals surface area contributed by atoms with Gasteiger partial charge >= 0.3 is 0 Å². The van der Waals surface area contributed by atoms with Crippen LogP contribution in [0.25, 0.3) is 0 Å². The number of methoxy groups -OCH3 is 2. The molecule has 0 aliphatic carbocycles. The molecule has 2 aromatic rings. The van der Waals surface area contributed by atoms with Gasteiger partial charge in [0, 0.05) is 18.3 Å². The zero-order chi connectivity index (χ0) is 23.5. The standard InChI is InChI=1S/C25H34N2O4S/c1-6-23(25(29)26-18(2)3)27(15-20-8-7-9-22(14-20)31-5)24(28)17-32-16-19-10-12-21(30-4)13-11-19/h7-14,18,23H,6,15-17H2,1-5H3,(H,26,29)/t23-/m1/s1. The Morgan fingerprint density at radius 2 is 1.69 bits per heavy atom. The van der Waals surface area contributed by atoms with Gasteiger partial charge in [0.2, 0.25) is 11.8 Å². The van der Waals surface area contributed by atoms with Crippen molar-refractivity contribution in [1.82, 2.24) is 10.2 Å². The lowest BCUT2D eigenvalue weighted by molar-refractivity contribution is -0.139. The normalized spacial score (nSPS) is 11.7. The quantitative estimate of drug-likeness (QED) is 0.515. The summed E-state index contributed by atoms with van der Waals surface area (Å²) in [6, 6.07) is 14.9. The maximum absolute atomic E-state index is 13.3. The van der Waals surface area contributed by atoms with Gasteiger partial charge in [-0.3, -0.25) is 9.59 Å². The van der Waals surface area contributed by atoms with Crippen molar-refractivity contribution in [2.75, 3.05) is 20.0 Å². The Morgan fingerprint density at radius 3 is 2.28 bits per heavy atom. The van der Waals surface area contributed by atoms with Gasteiger partial charge in [0.1, 0.15) is 17.5 Å². The van der Waals surface area contributed by atoms with Crippen LogP contribution in [0, 0.1) is 0 Å². The third-order valence-corrected chi connectivity index (χ3v) is 5.95. The number of ether oxygens (including phenoxy) is 2. The Kier molecular flexibility index (Phi) is 10.4. The van der Waals surface area contributed by atoms with Gasteiger partial charge in [-0.1, -0.05) is 31.2 Å². The van der Waals surface area contributed by atoms with Gasteiger partial charge in [-0.2, -0.15) is 0 Å². The highest BCUT2D eigenvalue weighted by Crippen LogP contribution is 2.20. The Balaban J connectivity index is 2.13. The molecule has 2 rings (SSSR count). The van der Waals surface area contributed by atoms with E-state index in [1.807, 2.05) is 69.3 Å². The summed E-state index contributed by atoms with van der Waals surface area (Å²) in [4.78, 5) is 27.8. The topological polar surface area (TPSA) is 67.9 Å². The van der Waals surface area contributed by atoms with Crippen molar-refractivity contribution < 1.29 is 19.1 Å². The minimum Gasteiger partial charge on any atom is -0.497 e. The van der Waals surface area contributed by atoms with Crippen LogP contribution in [0.4, 0.5) is 0 Å². The summed E-state index contributed by atoms with van der Waals surface area (Å²) in [6.45, 7) is 6.12. The van der Waals surface area contributed by atoms with E-state index in [0.29, 0.717) is 24.5 Å². The summed E-state index contributed by atoms with van der Waals surface area (Å²) in [5.41, 5.74) is 2.04. The maximum Gasteiger partial charge on any atom is 0.243 e. The lowest BCUT2D eigenvalue weighted by Crippen LogP contribution is -2.50. The summed E-state index contributed by atoms with van der Waals surface area (Å²) < 4.78 is 10.5. The molecule has 0 unspecified atom stereocenters. The molecule has 6 nitrogen and oxygen atoms in total. The Hall–Kier alpha value is -2.67. The molecule has 0 aromatic heterocycles. The number of carbonyl (C=O) groups excluding carboxylic acids is 2. The van der Waals surface area contributed by atoms with Crippen LogP contribution in [-0.2, 0) is 21.9 Å². The van der Waals surface area contributed by atoms with Gasteiger partial charge in [-0.05, 0) is 55.7 Å². The predicted molar refractivity (Wildman–Crippen MR) is 130 cm³/mol. The van der Waals surface area contributed by atoms with Crippen molar-refractivity contribution >= 4 is 23.6 Å². The van der Waals surface area contributed by atoms with E-state index in [2.05, 4.69) is 5.32 Å². The SMILES string of the molecule is CC[C@H](C(=O)NC(C)C)N(Cc1cccc(OC)c1)C(=O)CSCc1ccc(OC)cc1. The molecule has 1 atom stereocenters. The lowest BCUT2D eigenvalue weighted by atomic mass is 10.1. The van der Waals surface area contributed by atoms with Crippen LogP contribution in [0.3, 0.4) is 0 Å². The summed E-state index contributed by atoms with van der Waals surface area (Å²) in [5.74, 6) is 2.35. The van der Waals surface area contributed by atoms with E-state index < -0.39 is 6.04 Å². The number of hydrogen-bond donors (Lipinski definition) is 1. The second kappa shape index (κ2) is 13.0. The largest absolute Gasteiger partial charge is 0.497 e. The second-order valence-electron chi connectivity index (χ2n) is 7.80. The predicted octanol–water partition coefficient (Wildman–Crippen LogP) is 4.27. The number of thioether (sulfide) groups is 1. The minimum absolute atomic E-state index is 0.00904. The second-order valence-corrected chi connectivity index (χ2v) is 8.79. The van der Waals surface area contributed by atoms with Gasteiger partial charge < -0.3 is 19.7 Å².